The molecule has 1 unspecified atom stereocenters. The average molecular weight is 409 g/mol. The van der Waals surface area contributed by atoms with Crippen molar-refractivity contribution in [2.24, 2.45) is 0 Å². The molecule has 1 atom stereocenters. The van der Waals surface area contributed by atoms with E-state index in [1.165, 1.54) is 5.56 Å². The van der Waals surface area contributed by atoms with Gasteiger partial charge in [-0.15, -0.1) is 11.6 Å². The molecule has 0 saturated heterocycles. The van der Waals surface area contributed by atoms with E-state index in [1.807, 2.05) is 30.3 Å². The summed E-state index contributed by atoms with van der Waals surface area (Å²) in [6, 6.07) is 13.9. The molecule has 0 saturated carbocycles. The number of hydrogen-bond donors (Lipinski definition) is 0. The van der Waals surface area contributed by atoms with Crippen molar-refractivity contribution >= 4 is 55.1 Å². The quantitative estimate of drug-likeness (QED) is 0.516. The van der Waals surface area contributed by atoms with Gasteiger partial charge >= 0.3 is 0 Å². The standard InChI is InChI=1S/C14H10Br2Cl2/c15-10-3-1-9(2-4-10)7-14(18)12-8-11(16)5-6-13(12)17/h1-6,8,14H,7H2. The minimum Gasteiger partial charge on any atom is -0.117 e. The zero-order valence-corrected chi connectivity index (χ0v) is 14.0. The molecular formula is C14H10Br2Cl2. The second kappa shape index (κ2) is 6.42. The number of alkyl halides is 1. The van der Waals surface area contributed by atoms with Gasteiger partial charge in [0.2, 0.25) is 0 Å². The molecular weight excluding hydrogens is 399 g/mol. The van der Waals surface area contributed by atoms with Crippen molar-refractivity contribution in [3.05, 3.63) is 67.6 Å². The fourth-order valence-corrected chi connectivity index (χ4v) is 3.00. The van der Waals surface area contributed by atoms with Gasteiger partial charge in [0.15, 0.2) is 0 Å². The maximum Gasteiger partial charge on any atom is 0.0640 e. The maximum absolute atomic E-state index is 6.44. The molecule has 0 aliphatic rings. The Bertz CT molecular complexity index is 538. The van der Waals surface area contributed by atoms with Gasteiger partial charge in [0.1, 0.15) is 0 Å². The van der Waals surface area contributed by atoms with Crippen LogP contribution >= 0.6 is 55.1 Å². The summed E-state index contributed by atoms with van der Waals surface area (Å²) in [5, 5.41) is 0.575. The van der Waals surface area contributed by atoms with E-state index >= 15 is 0 Å². The first kappa shape index (κ1) is 14.4. The van der Waals surface area contributed by atoms with Gasteiger partial charge in [0, 0.05) is 14.0 Å². The fourth-order valence-electron chi connectivity index (χ4n) is 1.69. The van der Waals surface area contributed by atoms with Crippen LogP contribution in [0.25, 0.3) is 0 Å². The Kier molecular flexibility index (Phi) is 5.14. The Morgan fingerprint density at radius 1 is 0.944 bits per heavy atom. The summed E-state index contributed by atoms with van der Waals surface area (Å²) < 4.78 is 2.06. The first-order chi connectivity index (χ1) is 8.56. The molecule has 0 aliphatic carbocycles. The predicted octanol–water partition coefficient (Wildman–Crippen LogP) is 6.39. The summed E-state index contributed by atoms with van der Waals surface area (Å²) in [7, 11) is 0. The van der Waals surface area contributed by atoms with E-state index in [1.54, 1.807) is 0 Å². The van der Waals surface area contributed by atoms with Crippen molar-refractivity contribution in [2.75, 3.05) is 0 Å². The summed E-state index contributed by atoms with van der Waals surface area (Å²) in [4.78, 5) is 0. The van der Waals surface area contributed by atoms with Crippen molar-refractivity contribution in [1.82, 2.24) is 0 Å². The van der Waals surface area contributed by atoms with Crippen LogP contribution in [-0.4, -0.2) is 0 Å². The first-order valence-electron chi connectivity index (χ1n) is 5.40. The Labute approximate surface area is 134 Å². The molecule has 0 nitrogen and oxygen atoms in total. The molecule has 4 heteroatoms. The van der Waals surface area contributed by atoms with E-state index in [2.05, 4.69) is 44.0 Å². The monoisotopic (exact) mass is 406 g/mol. The van der Waals surface area contributed by atoms with Crippen LogP contribution in [0.4, 0.5) is 0 Å². The molecule has 0 radical (unpaired) electrons. The lowest BCUT2D eigenvalue weighted by Gasteiger charge is -2.12. The third-order valence-corrected chi connectivity index (χ3v) is 4.38. The van der Waals surface area contributed by atoms with Crippen LogP contribution in [0.15, 0.2) is 51.4 Å². The van der Waals surface area contributed by atoms with Crippen LogP contribution in [0, 0.1) is 0 Å². The summed E-state index contributed by atoms with van der Waals surface area (Å²) in [5.41, 5.74) is 2.14. The second-order valence-electron chi connectivity index (χ2n) is 3.96. The van der Waals surface area contributed by atoms with Crippen molar-refractivity contribution in [1.29, 1.82) is 0 Å². The van der Waals surface area contributed by atoms with Crippen LogP contribution in [0.5, 0.6) is 0 Å². The minimum absolute atomic E-state index is 0.129. The highest BCUT2D eigenvalue weighted by Crippen LogP contribution is 2.33. The molecule has 0 heterocycles. The van der Waals surface area contributed by atoms with E-state index in [-0.39, 0.29) is 5.38 Å². The smallest absolute Gasteiger partial charge is 0.0640 e. The minimum atomic E-state index is -0.129. The molecule has 0 amide bonds. The van der Waals surface area contributed by atoms with Gasteiger partial charge in [-0.05, 0) is 47.9 Å². The van der Waals surface area contributed by atoms with Gasteiger partial charge in [-0.25, -0.2) is 0 Å². The second-order valence-corrected chi connectivity index (χ2v) is 6.73. The SMILES string of the molecule is Clc1ccc(Br)cc1C(Cl)Cc1ccc(Br)cc1. The van der Waals surface area contributed by atoms with E-state index in [0.717, 1.165) is 20.9 Å². The Morgan fingerprint density at radius 3 is 2.22 bits per heavy atom. The third-order valence-electron chi connectivity index (χ3n) is 2.62. The number of benzene rings is 2. The lowest BCUT2D eigenvalue weighted by molar-refractivity contribution is 0.919. The van der Waals surface area contributed by atoms with Gasteiger partial charge in [-0.2, -0.15) is 0 Å². The summed E-state index contributed by atoms with van der Waals surface area (Å²) in [5.74, 6) is 0. The number of rotatable bonds is 3. The van der Waals surface area contributed by atoms with Crippen LogP contribution in [0.1, 0.15) is 16.5 Å². The first-order valence-corrected chi connectivity index (χ1v) is 7.80. The van der Waals surface area contributed by atoms with Gasteiger partial charge in [0.05, 0.1) is 5.38 Å². The summed E-state index contributed by atoms with van der Waals surface area (Å²) in [6.45, 7) is 0. The molecule has 2 rings (SSSR count). The fraction of sp³-hybridized carbons (Fsp3) is 0.143. The van der Waals surface area contributed by atoms with E-state index < -0.39 is 0 Å². The molecule has 0 bridgehead atoms. The molecule has 0 aromatic heterocycles. The number of halogens is 4. The molecule has 2 aromatic rings. The predicted molar refractivity (Wildman–Crippen MR) is 85.6 cm³/mol. The topological polar surface area (TPSA) is 0 Å². The molecule has 0 aliphatic heterocycles. The van der Waals surface area contributed by atoms with Crippen LogP contribution in [-0.2, 0) is 6.42 Å². The van der Waals surface area contributed by atoms with Gasteiger partial charge in [-0.1, -0.05) is 55.6 Å². The molecule has 0 spiro atoms. The maximum atomic E-state index is 6.44. The summed E-state index contributed by atoms with van der Waals surface area (Å²) in [6.07, 6.45) is 0.755. The van der Waals surface area contributed by atoms with E-state index in [9.17, 15) is 0 Å². The van der Waals surface area contributed by atoms with Gasteiger partial charge in [0.25, 0.3) is 0 Å². The highest BCUT2D eigenvalue weighted by atomic mass is 79.9. The normalized spacial score (nSPS) is 12.4. The molecule has 0 N–H and O–H groups in total. The zero-order valence-electron chi connectivity index (χ0n) is 9.34. The highest BCUT2D eigenvalue weighted by molar-refractivity contribution is 9.10. The lowest BCUT2D eigenvalue weighted by atomic mass is 10.0. The van der Waals surface area contributed by atoms with Crippen molar-refractivity contribution in [3.63, 3.8) is 0 Å². The average Bonchev–Trinajstić information content (AvgIpc) is 2.35. The lowest BCUT2D eigenvalue weighted by Crippen LogP contribution is -1.97. The third kappa shape index (κ3) is 3.74. The molecule has 0 fully saturated rings. The van der Waals surface area contributed by atoms with E-state index in [0.29, 0.717) is 5.02 Å². The van der Waals surface area contributed by atoms with Crippen molar-refractivity contribution in [2.45, 2.75) is 11.8 Å². The summed E-state index contributed by atoms with van der Waals surface area (Å²) >= 11 is 19.5. The molecule has 94 valence electrons. The largest absolute Gasteiger partial charge is 0.117 e. The Balaban J connectivity index is 2.18. The number of hydrogen-bond acceptors (Lipinski definition) is 0. The van der Waals surface area contributed by atoms with E-state index in [4.69, 9.17) is 23.2 Å². The van der Waals surface area contributed by atoms with Gasteiger partial charge < -0.3 is 0 Å². The van der Waals surface area contributed by atoms with Crippen LogP contribution < -0.4 is 0 Å². The Hall–Kier alpha value is -0.0200. The molecule has 18 heavy (non-hydrogen) atoms. The van der Waals surface area contributed by atoms with Crippen LogP contribution in [0.2, 0.25) is 5.02 Å². The van der Waals surface area contributed by atoms with Crippen LogP contribution in [0.3, 0.4) is 0 Å². The van der Waals surface area contributed by atoms with Gasteiger partial charge in [-0.3, -0.25) is 0 Å². The highest BCUT2D eigenvalue weighted by Gasteiger charge is 2.13. The molecule has 2 aromatic carbocycles. The van der Waals surface area contributed by atoms with Crippen molar-refractivity contribution < 1.29 is 0 Å². The van der Waals surface area contributed by atoms with Crippen molar-refractivity contribution in [3.8, 4) is 0 Å². The Morgan fingerprint density at radius 2 is 1.56 bits per heavy atom. The zero-order chi connectivity index (χ0) is 13.1.